The van der Waals surface area contributed by atoms with Crippen molar-refractivity contribution in [3.05, 3.63) is 57.8 Å². The first kappa shape index (κ1) is 15.9. The predicted octanol–water partition coefficient (Wildman–Crippen LogP) is 3.15. The van der Waals surface area contributed by atoms with Crippen LogP contribution in [0, 0.1) is 17.0 Å². The van der Waals surface area contributed by atoms with Gasteiger partial charge in [-0.3, -0.25) is 14.9 Å². The van der Waals surface area contributed by atoms with Gasteiger partial charge in [-0.05, 0) is 43.5 Å². The zero-order valence-corrected chi connectivity index (χ0v) is 13.4. The number of nitro groups is 1. The standard InChI is InChI=1S/C17H18N4O3/c1-12-6-7-18-16(10-12)19-17(22)14-11-13(21(23)24)4-5-15(14)20-8-2-3-9-20/h4-7,10-11H,2-3,8-9H2,1H3,(H,18,19,22). The Morgan fingerprint density at radius 3 is 2.67 bits per heavy atom. The Morgan fingerprint density at radius 2 is 2.00 bits per heavy atom. The molecule has 1 aliphatic heterocycles. The Morgan fingerprint density at radius 1 is 1.25 bits per heavy atom. The Bertz CT molecular complexity index is 785. The van der Waals surface area contributed by atoms with E-state index in [1.807, 2.05) is 13.0 Å². The number of hydrogen-bond acceptors (Lipinski definition) is 5. The maximum Gasteiger partial charge on any atom is 0.270 e. The lowest BCUT2D eigenvalue weighted by molar-refractivity contribution is -0.384. The number of carbonyl (C=O) groups is 1. The van der Waals surface area contributed by atoms with E-state index >= 15 is 0 Å². The fourth-order valence-corrected chi connectivity index (χ4v) is 2.84. The summed E-state index contributed by atoms with van der Waals surface area (Å²) < 4.78 is 0. The number of carbonyl (C=O) groups excluding carboxylic acids is 1. The number of nitrogens with one attached hydrogen (secondary N) is 1. The second-order valence-electron chi connectivity index (χ2n) is 5.83. The molecule has 1 amide bonds. The maximum atomic E-state index is 12.7. The molecule has 0 spiro atoms. The van der Waals surface area contributed by atoms with E-state index < -0.39 is 10.8 Å². The van der Waals surface area contributed by atoms with Crippen LogP contribution in [-0.4, -0.2) is 28.9 Å². The van der Waals surface area contributed by atoms with Gasteiger partial charge >= 0.3 is 0 Å². The minimum atomic E-state index is -0.491. The number of rotatable bonds is 4. The highest BCUT2D eigenvalue weighted by Crippen LogP contribution is 2.29. The summed E-state index contributed by atoms with van der Waals surface area (Å²) in [4.78, 5) is 29.4. The summed E-state index contributed by atoms with van der Waals surface area (Å²) in [6.07, 6.45) is 3.72. The number of nitrogens with zero attached hydrogens (tertiary/aromatic N) is 3. The molecule has 1 saturated heterocycles. The van der Waals surface area contributed by atoms with Crippen molar-refractivity contribution in [2.75, 3.05) is 23.3 Å². The van der Waals surface area contributed by atoms with E-state index in [4.69, 9.17) is 0 Å². The second kappa shape index (κ2) is 6.66. The zero-order valence-electron chi connectivity index (χ0n) is 13.4. The van der Waals surface area contributed by atoms with Gasteiger partial charge in [0.25, 0.3) is 11.6 Å². The van der Waals surface area contributed by atoms with E-state index in [0.717, 1.165) is 37.2 Å². The molecule has 0 bridgehead atoms. The summed E-state index contributed by atoms with van der Waals surface area (Å²) in [5, 5.41) is 13.8. The lowest BCUT2D eigenvalue weighted by Gasteiger charge is -2.20. The zero-order chi connectivity index (χ0) is 17.1. The van der Waals surface area contributed by atoms with Crippen LogP contribution in [0.15, 0.2) is 36.5 Å². The molecule has 0 unspecified atom stereocenters. The van der Waals surface area contributed by atoms with E-state index in [1.165, 1.54) is 12.1 Å². The van der Waals surface area contributed by atoms with Gasteiger partial charge in [0.15, 0.2) is 0 Å². The van der Waals surface area contributed by atoms with Crippen LogP contribution in [0.4, 0.5) is 17.2 Å². The highest BCUT2D eigenvalue weighted by atomic mass is 16.6. The molecule has 124 valence electrons. The molecule has 2 heterocycles. The Balaban J connectivity index is 1.95. The van der Waals surface area contributed by atoms with Crippen molar-refractivity contribution in [2.24, 2.45) is 0 Å². The predicted molar refractivity (Wildman–Crippen MR) is 91.5 cm³/mol. The van der Waals surface area contributed by atoms with E-state index in [1.54, 1.807) is 18.3 Å². The molecule has 24 heavy (non-hydrogen) atoms. The van der Waals surface area contributed by atoms with Gasteiger partial charge in [0.2, 0.25) is 0 Å². The van der Waals surface area contributed by atoms with Gasteiger partial charge < -0.3 is 10.2 Å². The molecule has 2 aromatic rings. The van der Waals surface area contributed by atoms with Gasteiger partial charge in [-0.2, -0.15) is 0 Å². The van der Waals surface area contributed by atoms with Gasteiger partial charge in [0.05, 0.1) is 16.2 Å². The highest BCUT2D eigenvalue weighted by Gasteiger charge is 2.22. The number of anilines is 2. The number of aromatic nitrogens is 1. The molecule has 1 N–H and O–H groups in total. The molecule has 1 aromatic carbocycles. The number of amides is 1. The minimum absolute atomic E-state index is 0.0969. The third-order valence-corrected chi connectivity index (χ3v) is 4.04. The van der Waals surface area contributed by atoms with Crippen molar-refractivity contribution in [1.29, 1.82) is 0 Å². The highest BCUT2D eigenvalue weighted by molar-refractivity contribution is 6.08. The summed E-state index contributed by atoms with van der Waals surface area (Å²) >= 11 is 0. The SMILES string of the molecule is Cc1ccnc(NC(=O)c2cc([N+](=O)[O-])ccc2N2CCCC2)c1. The van der Waals surface area contributed by atoms with Crippen molar-refractivity contribution < 1.29 is 9.72 Å². The molecule has 0 radical (unpaired) electrons. The monoisotopic (exact) mass is 326 g/mol. The molecule has 3 rings (SSSR count). The lowest BCUT2D eigenvalue weighted by atomic mass is 10.1. The van der Waals surface area contributed by atoms with Gasteiger partial charge in [0.1, 0.15) is 5.82 Å². The smallest absolute Gasteiger partial charge is 0.270 e. The molecule has 1 aliphatic rings. The number of non-ortho nitro benzene ring substituents is 1. The summed E-state index contributed by atoms with van der Waals surface area (Å²) in [5.41, 5.74) is 1.90. The van der Waals surface area contributed by atoms with Crippen LogP contribution < -0.4 is 10.2 Å². The van der Waals surface area contributed by atoms with Gasteiger partial charge in [-0.15, -0.1) is 0 Å². The van der Waals surface area contributed by atoms with Crippen LogP contribution >= 0.6 is 0 Å². The van der Waals surface area contributed by atoms with Crippen molar-refractivity contribution in [3.8, 4) is 0 Å². The van der Waals surface area contributed by atoms with Crippen LogP contribution in [-0.2, 0) is 0 Å². The summed E-state index contributed by atoms with van der Waals surface area (Å²) in [6, 6.07) is 8.01. The Kier molecular flexibility index (Phi) is 4.41. The summed E-state index contributed by atoms with van der Waals surface area (Å²) in [7, 11) is 0. The number of nitro benzene ring substituents is 1. The number of pyridine rings is 1. The average molecular weight is 326 g/mol. The lowest BCUT2D eigenvalue weighted by Crippen LogP contribution is -2.23. The van der Waals surface area contributed by atoms with Crippen LogP contribution in [0.5, 0.6) is 0 Å². The van der Waals surface area contributed by atoms with Gasteiger partial charge in [-0.25, -0.2) is 4.98 Å². The van der Waals surface area contributed by atoms with Crippen LogP contribution in [0.1, 0.15) is 28.8 Å². The van der Waals surface area contributed by atoms with Gasteiger partial charge in [0, 0.05) is 31.4 Å². The third kappa shape index (κ3) is 3.34. The Hall–Kier alpha value is -2.96. The quantitative estimate of drug-likeness (QED) is 0.689. The number of aryl methyl sites for hydroxylation is 1. The molecule has 0 atom stereocenters. The molecular weight excluding hydrogens is 308 g/mol. The maximum absolute atomic E-state index is 12.7. The van der Waals surface area contributed by atoms with Crippen LogP contribution in [0.3, 0.4) is 0 Å². The summed E-state index contributed by atoms with van der Waals surface area (Å²) in [6.45, 7) is 3.60. The normalized spacial score (nSPS) is 13.8. The van der Waals surface area contributed by atoms with E-state index in [2.05, 4.69) is 15.2 Å². The van der Waals surface area contributed by atoms with E-state index in [-0.39, 0.29) is 5.69 Å². The minimum Gasteiger partial charge on any atom is -0.371 e. The first-order chi connectivity index (χ1) is 11.5. The van der Waals surface area contributed by atoms with Gasteiger partial charge in [-0.1, -0.05) is 0 Å². The fraction of sp³-hybridized carbons (Fsp3) is 0.294. The van der Waals surface area contributed by atoms with Crippen LogP contribution in [0.2, 0.25) is 0 Å². The fourth-order valence-electron chi connectivity index (χ4n) is 2.84. The largest absolute Gasteiger partial charge is 0.371 e. The van der Waals surface area contributed by atoms with E-state index in [0.29, 0.717) is 11.4 Å². The average Bonchev–Trinajstić information content (AvgIpc) is 3.08. The molecule has 7 heteroatoms. The van der Waals surface area contributed by atoms with Crippen molar-refractivity contribution in [2.45, 2.75) is 19.8 Å². The van der Waals surface area contributed by atoms with E-state index in [9.17, 15) is 14.9 Å². The molecular formula is C17H18N4O3. The molecule has 7 nitrogen and oxygen atoms in total. The summed E-state index contributed by atoms with van der Waals surface area (Å²) in [5.74, 6) is 0.0394. The first-order valence-electron chi connectivity index (χ1n) is 7.82. The Labute approximate surface area is 139 Å². The molecule has 1 fully saturated rings. The second-order valence-corrected chi connectivity index (χ2v) is 5.83. The van der Waals surface area contributed by atoms with Crippen molar-refractivity contribution in [3.63, 3.8) is 0 Å². The number of hydrogen-bond donors (Lipinski definition) is 1. The topological polar surface area (TPSA) is 88.4 Å². The molecule has 1 aromatic heterocycles. The number of benzene rings is 1. The van der Waals surface area contributed by atoms with Crippen LogP contribution in [0.25, 0.3) is 0 Å². The van der Waals surface area contributed by atoms with Crippen molar-refractivity contribution >= 4 is 23.1 Å². The molecule has 0 saturated carbocycles. The first-order valence-corrected chi connectivity index (χ1v) is 7.82. The molecule has 0 aliphatic carbocycles. The third-order valence-electron chi connectivity index (χ3n) is 4.04. The van der Waals surface area contributed by atoms with Crippen molar-refractivity contribution in [1.82, 2.24) is 4.98 Å².